The van der Waals surface area contributed by atoms with Crippen molar-refractivity contribution in [2.24, 2.45) is 17.3 Å². The monoisotopic (exact) mass is 264 g/mol. The Hall–Kier alpha value is -2.21. The van der Waals surface area contributed by atoms with Gasteiger partial charge in [0.05, 0.1) is 10.6 Å². The van der Waals surface area contributed by atoms with E-state index in [-0.39, 0.29) is 5.69 Å². The van der Waals surface area contributed by atoms with Gasteiger partial charge in [0.25, 0.3) is 5.69 Å². The molecule has 6 nitrogen and oxygen atoms in total. The van der Waals surface area contributed by atoms with Crippen molar-refractivity contribution in [3.8, 4) is 0 Å². The van der Waals surface area contributed by atoms with Crippen LogP contribution in [-0.4, -0.2) is 9.49 Å². The average molecular weight is 265 g/mol. The predicted molar refractivity (Wildman–Crippen MR) is 67.7 cm³/mol. The minimum absolute atomic E-state index is 0.0239. The third-order valence-electron chi connectivity index (χ3n) is 2.36. The highest BCUT2D eigenvalue weighted by Gasteiger charge is 2.04. The van der Waals surface area contributed by atoms with Gasteiger partial charge in [-0.15, -0.1) is 10.2 Å². The summed E-state index contributed by atoms with van der Waals surface area (Å²) in [7, 11) is 1.77. The SMILES string of the molecule is Cn1c(Cl)ccc1N=Nc1ccc([N+](=O)[O-])cc1. The molecule has 1 heterocycles. The van der Waals surface area contributed by atoms with Crippen molar-refractivity contribution in [1.29, 1.82) is 0 Å². The molecule has 0 saturated carbocycles. The van der Waals surface area contributed by atoms with E-state index in [0.717, 1.165) is 0 Å². The van der Waals surface area contributed by atoms with Crippen LogP contribution in [0.5, 0.6) is 0 Å². The van der Waals surface area contributed by atoms with Crippen LogP contribution in [0, 0.1) is 10.1 Å². The Balaban J connectivity index is 2.19. The van der Waals surface area contributed by atoms with Crippen LogP contribution in [0.1, 0.15) is 0 Å². The zero-order chi connectivity index (χ0) is 13.1. The summed E-state index contributed by atoms with van der Waals surface area (Å²) in [5, 5.41) is 19.0. The summed E-state index contributed by atoms with van der Waals surface area (Å²) in [5.41, 5.74) is 0.564. The van der Waals surface area contributed by atoms with Crippen molar-refractivity contribution in [2.75, 3.05) is 0 Å². The van der Waals surface area contributed by atoms with Crippen LogP contribution < -0.4 is 0 Å². The van der Waals surface area contributed by atoms with Crippen molar-refractivity contribution in [3.05, 3.63) is 51.7 Å². The molecule has 0 radical (unpaired) electrons. The Labute approximate surface area is 108 Å². The standard InChI is InChI=1S/C11H9ClN4O2/c1-15-10(12)6-7-11(15)14-13-8-2-4-9(5-3-8)16(17)18/h2-7H,1H3. The van der Waals surface area contributed by atoms with Crippen LogP contribution in [0.3, 0.4) is 0 Å². The van der Waals surface area contributed by atoms with Crippen molar-refractivity contribution < 1.29 is 4.92 Å². The van der Waals surface area contributed by atoms with Crippen LogP contribution in [-0.2, 0) is 7.05 Å². The third kappa shape index (κ3) is 2.54. The molecule has 0 fully saturated rings. The Morgan fingerprint density at radius 2 is 1.83 bits per heavy atom. The number of benzene rings is 1. The molecule has 1 aromatic carbocycles. The van der Waals surface area contributed by atoms with Crippen LogP contribution in [0.4, 0.5) is 17.2 Å². The largest absolute Gasteiger partial charge is 0.319 e. The lowest BCUT2D eigenvalue weighted by atomic mass is 10.3. The van der Waals surface area contributed by atoms with E-state index in [1.165, 1.54) is 24.3 Å². The molecule has 0 saturated heterocycles. The van der Waals surface area contributed by atoms with Crippen LogP contribution >= 0.6 is 11.6 Å². The second kappa shape index (κ2) is 4.97. The quantitative estimate of drug-likeness (QED) is 0.477. The van der Waals surface area contributed by atoms with Gasteiger partial charge in [-0.3, -0.25) is 10.1 Å². The lowest BCUT2D eigenvalue weighted by Gasteiger charge is -1.96. The number of nitrogens with zero attached hydrogens (tertiary/aromatic N) is 4. The average Bonchev–Trinajstić information content (AvgIpc) is 2.68. The number of non-ortho nitro benzene ring substituents is 1. The Morgan fingerprint density at radius 1 is 1.17 bits per heavy atom. The molecule has 0 bridgehead atoms. The second-order valence-electron chi connectivity index (χ2n) is 3.55. The third-order valence-corrected chi connectivity index (χ3v) is 2.74. The van der Waals surface area contributed by atoms with Gasteiger partial charge in [-0.25, -0.2) is 0 Å². The van der Waals surface area contributed by atoms with Gasteiger partial charge in [-0.05, 0) is 24.3 Å². The molecule has 1 aromatic heterocycles. The van der Waals surface area contributed by atoms with Gasteiger partial charge < -0.3 is 4.57 Å². The van der Waals surface area contributed by atoms with E-state index < -0.39 is 4.92 Å². The first kappa shape index (κ1) is 12.3. The van der Waals surface area contributed by atoms with Gasteiger partial charge in [0.15, 0.2) is 5.82 Å². The van der Waals surface area contributed by atoms with E-state index in [4.69, 9.17) is 11.6 Å². The zero-order valence-corrected chi connectivity index (χ0v) is 10.2. The fourth-order valence-corrected chi connectivity index (χ4v) is 1.48. The van der Waals surface area contributed by atoms with E-state index in [0.29, 0.717) is 16.7 Å². The fraction of sp³-hybridized carbons (Fsp3) is 0.0909. The number of rotatable bonds is 3. The first-order valence-electron chi connectivity index (χ1n) is 5.05. The van der Waals surface area contributed by atoms with Crippen molar-refractivity contribution >= 4 is 28.8 Å². The number of nitro groups is 1. The molecule has 0 aliphatic heterocycles. The smallest absolute Gasteiger partial charge is 0.269 e. The molecule has 0 aliphatic rings. The molecule has 92 valence electrons. The summed E-state index contributed by atoms with van der Waals surface area (Å²) in [6.45, 7) is 0. The van der Waals surface area contributed by atoms with Crippen LogP contribution in [0.15, 0.2) is 46.6 Å². The first-order valence-corrected chi connectivity index (χ1v) is 5.43. The van der Waals surface area contributed by atoms with E-state index in [2.05, 4.69) is 10.2 Å². The molecular formula is C11H9ClN4O2. The van der Waals surface area contributed by atoms with Gasteiger partial charge in [-0.2, -0.15) is 0 Å². The fourth-order valence-electron chi connectivity index (χ4n) is 1.33. The van der Waals surface area contributed by atoms with Crippen molar-refractivity contribution in [1.82, 2.24) is 4.57 Å². The van der Waals surface area contributed by atoms with Crippen LogP contribution in [0.2, 0.25) is 5.15 Å². The number of nitro benzene ring substituents is 1. The summed E-state index contributed by atoms with van der Waals surface area (Å²) in [6, 6.07) is 9.28. The summed E-state index contributed by atoms with van der Waals surface area (Å²) in [4.78, 5) is 10.0. The Kier molecular flexibility index (Phi) is 3.38. The normalized spacial score (nSPS) is 11.0. The topological polar surface area (TPSA) is 72.8 Å². The molecule has 0 N–H and O–H groups in total. The highest BCUT2D eigenvalue weighted by atomic mass is 35.5. The lowest BCUT2D eigenvalue weighted by Crippen LogP contribution is -1.85. The second-order valence-corrected chi connectivity index (χ2v) is 3.93. The molecule has 0 atom stereocenters. The minimum Gasteiger partial charge on any atom is -0.319 e. The molecule has 0 unspecified atom stereocenters. The molecule has 2 aromatic rings. The maximum Gasteiger partial charge on any atom is 0.269 e. The summed E-state index contributed by atoms with van der Waals surface area (Å²) >= 11 is 5.85. The highest BCUT2D eigenvalue weighted by Crippen LogP contribution is 2.23. The van der Waals surface area contributed by atoms with Crippen molar-refractivity contribution in [2.45, 2.75) is 0 Å². The van der Waals surface area contributed by atoms with Gasteiger partial charge in [0.2, 0.25) is 0 Å². The minimum atomic E-state index is -0.460. The molecule has 0 spiro atoms. The Morgan fingerprint density at radius 3 is 2.33 bits per heavy atom. The van der Waals surface area contributed by atoms with E-state index >= 15 is 0 Å². The van der Waals surface area contributed by atoms with E-state index in [1.54, 1.807) is 23.7 Å². The van der Waals surface area contributed by atoms with Gasteiger partial charge >= 0.3 is 0 Å². The molecule has 18 heavy (non-hydrogen) atoms. The molecule has 0 aliphatic carbocycles. The number of aromatic nitrogens is 1. The molecular weight excluding hydrogens is 256 g/mol. The predicted octanol–water partition coefficient (Wildman–Crippen LogP) is 4.00. The number of halogens is 1. The first-order chi connectivity index (χ1) is 8.58. The number of hydrogen-bond donors (Lipinski definition) is 0. The number of hydrogen-bond acceptors (Lipinski definition) is 4. The molecule has 0 amide bonds. The van der Waals surface area contributed by atoms with E-state index in [1.807, 2.05) is 0 Å². The zero-order valence-electron chi connectivity index (χ0n) is 9.45. The summed E-state index contributed by atoms with van der Waals surface area (Å²) < 4.78 is 1.68. The van der Waals surface area contributed by atoms with Gasteiger partial charge in [0, 0.05) is 19.2 Å². The maximum atomic E-state index is 10.5. The molecule has 2 rings (SSSR count). The Bertz CT molecular complexity index is 604. The van der Waals surface area contributed by atoms with E-state index in [9.17, 15) is 10.1 Å². The number of azo groups is 1. The lowest BCUT2D eigenvalue weighted by molar-refractivity contribution is -0.384. The molecule has 7 heteroatoms. The van der Waals surface area contributed by atoms with Crippen molar-refractivity contribution in [3.63, 3.8) is 0 Å². The summed E-state index contributed by atoms with van der Waals surface area (Å²) in [6.07, 6.45) is 0. The maximum absolute atomic E-state index is 10.5. The highest BCUT2D eigenvalue weighted by molar-refractivity contribution is 6.29. The van der Waals surface area contributed by atoms with Gasteiger partial charge in [-0.1, -0.05) is 11.6 Å². The van der Waals surface area contributed by atoms with Gasteiger partial charge in [0.1, 0.15) is 5.15 Å². The van der Waals surface area contributed by atoms with Crippen LogP contribution in [0.25, 0.3) is 0 Å². The summed E-state index contributed by atoms with van der Waals surface area (Å²) in [5.74, 6) is 0.610.